The Hall–Kier alpha value is -3.12. The number of rotatable bonds is 8. The molecule has 0 bridgehead atoms. The minimum absolute atomic E-state index is 0.217. The maximum absolute atomic E-state index is 12.4. The van der Waals surface area contributed by atoms with Gasteiger partial charge >= 0.3 is 5.97 Å². The van der Waals surface area contributed by atoms with Crippen LogP contribution < -0.4 is 10.1 Å². The van der Waals surface area contributed by atoms with Gasteiger partial charge in [-0.2, -0.15) is 0 Å². The number of carbonyl (C=O) groups is 2. The van der Waals surface area contributed by atoms with Crippen LogP contribution in [-0.2, 0) is 20.7 Å². The molecule has 0 fully saturated rings. The summed E-state index contributed by atoms with van der Waals surface area (Å²) in [7, 11) is 1.30. The van der Waals surface area contributed by atoms with Crippen LogP contribution in [0.1, 0.15) is 5.56 Å². The maximum atomic E-state index is 12.4. The molecule has 0 spiro atoms. The average Bonchev–Trinajstić information content (AvgIpc) is 2.78. The van der Waals surface area contributed by atoms with Crippen molar-refractivity contribution in [2.24, 2.45) is 0 Å². The Morgan fingerprint density at radius 2 is 1.60 bits per heavy atom. The predicted octanol–water partition coefficient (Wildman–Crippen LogP) is 4.40. The molecule has 0 radical (unpaired) electrons. The number of amides is 1. The van der Waals surface area contributed by atoms with Gasteiger partial charge in [-0.25, -0.2) is 4.79 Å². The molecule has 0 aliphatic rings. The lowest BCUT2D eigenvalue weighted by atomic mass is 10.1. The van der Waals surface area contributed by atoms with Crippen LogP contribution >= 0.6 is 15.9 Å². The average molecular weight is 468 g/mol. The Kier molecular flexibility index (Phi) is 7.63. The second kappa shape index (κ2) is 10.6. The second-order valence-corrected chi connectivity index (χ2v) is 7.49. The van der Waals surface area contributed by atoms with Gasteiger partial charge in [0.05, 0.1) is 11.6 Å². The first-order valence-electron chi connectivity index (χ1n) is 9.45. The Balaban J connectivity index is 1.60. The summed E-state index contributed by atoms with van der Waals surface area (Å²) in [6.07, 6.45) is 0.342. The quantitative estimate of drug-likeness (QED) is 0.498. The maximum Gasteiger partial charge on any atom is 0.328 e. The summed E-state index contributed by atoms with van der Waals surface area (Å²) in [6.45, 7) is -0.217. The van der Waals surface area contributed by atoms with E-state index in [0.29, 0.717) is 12.2 Å². The van der Waals surface area contributed by atoms with Crippen molar-refractivity contribution in [3.05, 3.63) is 88.9 Å². The van der Waals surface area contributed by atoms with Crippen LogP contribution in [-0.4, -0.2) is 31.6 Å². The molecule has 3 aromatic rings. The number of benzene rings is 3. The lowest BCUT2D eigenvalue weighted by molar-refractivity contribution is -0.145. The summed E-state index contributed by atoms with van der Waals surface area (Å²) in [5.41, 5.74) is 3.05. The zero-order valence-corrected chi connectivity index (χ0v) is 18.1. The molecule has 0 aliphatic heterocycles. The minimum Gasteiger partial charge on any atom is -0.483 e. The van der Waals surface area contributed by atoms with Crippen LogP contribution in [0.4, 0.5) is 0 Å². The number of halogens is 1. The normalized spacial score (nSPS) is 11.4. The highest BCUT2D eigenvalue weighted by molar-refractivity contribution is 9.10. The standard InChI is InChI=1S/C24H22BrNO4/c1-29-24(28)21(14-17-8-4-2-5-9-17)26-23(27)16-30-22-13-12-19(15-20(22)25)18-10-6-3-7-11-18/h2-13,15,21H,14,16H2,1H3,(H,26,27). The lowest BCUT2D eigenvalue weighted by Crippen LogP contribution is -2.44. The zero-order chi connectivity index (χ0) is 21.3. The molecule has 0 aromatic heterocycles. The van der Waals surface area contributed by atoms with Crippen LogP contribution in [0.3, 0.4) is 0 Å². The molecule has 30 heavy (non-hydrogen) atoms. The molecule has 1 amide bonds. The van der Waals surface area contributed by atoms with Crippen molar-refractivity contribution >= 4 is 27.8 Å². The van der Waals surface area contributed by atoms with Crippen LogP contribution in [0.15, 0.2) is 83.3 Å². The van der Waals surface area contributed by atoms with Crippen LogP contribution in [0.5, 0.6) is 5.75 Å². The van der Waals surface area contributed by atoms with Crippen molar-refractivity contribution in [2.75, 3.05) is 13.7 Å². The van der Waals surface area contributed by atoms with E-state index in [9.17, 15) is 9.59 Å². The van der Waals surface area contributed by atoms with E-state index in [0.717, 1.165) is 21.2 Å². The largest absolute Gasteiger partial charge is 0.483 e. The van der Waals surface area contributed by atoms with Gasteiger partial charge in [0.15, 0.2) is 6.61 Å². The summed E-state index contributed by atoms with van der Waals surface area (Å²) in [6, 6.07) is 24.3. The molecule has 1 N–H and O–H groups in total. The van der Waals surface area contributed by atoms with E-state index in [1.807, 2.05) is 72.8 Å². The predicted molar refractivity (Wildman–Crippen MR) is 119 cm³/mol. The van der Waals surface area contributed by atoms with E-state index < -0.39 is 17.9 Å². The molecule has 0 saturated carbocycles. The van der Waals surface area contributed by atoms with Crippen molar-refractivity contribution in [3.63, 3.8) is 0 Å². The molecule has 154 valence electrons. The Morgan fingerprint density at radius 3 is 2.23 bits per heavy atom. The number of hydrogen-bond acceptors (Lipinski definition) is 4. The molecule has 0 saturated heterocycles. The van der Waals surface area contributed by atoms with Crippen molar-refractivity contribution in [3.8, 4) is 16.9 Å². The van der Waals surface area contributed by atoms with Gasteiger partial charge in [-0.15, -0.1) is 0 Å². The Morgan fingerprint density at radius 1 is 0.933 bits per heavy atom. The van der Waals surface area contributed by atoms with Gasteiger partial charge in [-0.05, 0) is 44.8 Å². The van der Waals surface area contributed by atoms with Gasteiger partial charge in [0.2, 0.25) is 0 Å². The number of hydrogen-bond donors (Lipinski definition) is 1. The molecule has 3 rings (SSSR count). The number of carbonyl (C=O) groups excluding carboxylic acids is 2. The number of esters is 1. The van der Waals surface area contributed by atoms with E-state index in [1.165, 1.54) is 7.11 Å². The first-order valence-corrected chi connectivity index (χ1v) is 10.2. The summed E-state index contributed by atoms with van der Waals surface area (Å²) in [4.78, 5) is 24.4. The second-order valence-electron chi connectivity index (χ2n) is 6.63. The van der Waals surface area contributed by atoms with Crippen molar-refractivity contribution < 1.29 is 19.1 Å². The van der Waals surface area contributed by atoms with Gasteiger partial charge in [-0.1, -0.05) is 66.7 Å². The molecule has 1 atom stereocenters. The molecular weight excluding hydrogens is 446 g/mol. The third-order valence-electron chi connectivity index (χ3n) is 4.50. The van der Waals surface area contributed by atoms with E-state index in [4.69, 9.17) is 9.47 Å². The van der Waals surface area contributed by atoms with Gasteiger partial charge in [0.1, 0.15) is 11.8 Å². The smallest absolute Gasteiger partial charge is 0.328 e. The van der Waals surface area contributed by atoms with Gasteiger partial charge in [-0.3, -0.25) is 4.79 Å². The summed E-state index contributed by atoms with van der Waals surface area (Å²) >= 11 is 3.49. The summed E-state index contributed by atoms with van der Waals surface area (Å²) in [5, 5.41) is 2.69. The topological polar surface area (TPSA) is 64.6 Å². The summed E-state index contributed by atoms with van der Waals surface area (Å²) < 4.78 is 11.2. The number of nitrogens with one attached hydrogen (secondary N) is 1. The van der Waals surface area contributed by atoms with Gasteiger partial charge in [0.25, 0.3) is 5.91 Å². The van der Waals surface area contributed by atoms with Crippen LogP contribution in [0.2, 0.25) is 0 Å². The van der Waals surface area contributed by atoms with E-state index in [1.54, 1.807) is 6.07 Å². The molecule has 5 nitrogen and oxygen atoms in total. The molecule has 0 aliphatic carbocycles. The highest BCUT2D eigenvalue weighted by Gasteiger charge is 2.22. The fourth-order valence-electron chi connectivity index (χ4n) is 2.99. The van der Waals surface area contributed by atoms with E-state index in [2.05, 4.69) is 21.2 Å². The Labute approximate surface area is 184 Å². The highest BCUT2D eigenvalue weighted by Crippen LogP contribution is 2.30. The van der Waals surface area contributed by atoms with Gasteiger partial charge in [0, 0.05) is 6.42 Å². The zero-order valence-electron chi connectivity index (χ0n) is 16.5. The third-order valence-corrected chi connectivity index (χ3v) is 5.12. The summed E-state index contributed by atoms with van der Waals surface area (Å²) in [5.74, 6) is -0.358. The minimum atomic E-state index is -0.780. The third kappa shape index (κ3) is 5.94. The SMILES string of the molecule is COC(=O)C(Cc1ccccc1)NC(=O)COc1ccc(-c2ccccc2)cc1Br. The fraction of sp³-hybridized carbons (Fsp3) is 0.167. The first kappa shape index (κ1) is 21.6. The van der Waals surface area contributed by atoms with Crippen molar-refractivity contribution in [2.45, 2.75) is 12.5 Å². The molecule has 3 aromatic carbocycles. The molecule has 0 heterocycles. The Bertz CT molecular complexity index is 993. The molecular formula is C24H22BrNO4. The van der Waals surface area contributed by atoms with Crippen LogP contribution in [0, 0.1) is 0 Å². The fourth-order valence-corrected chi connectivity index (χ4v) is 3.49. The highest BCUT2D eigenvalue weighted by atomic mass is 79.9. The monoisotopic (exact) mass is 467 g/mol. The van der Waals surface area contributed by atoms with Crippen molar-refractivity contribution in [1.82, 2.24) is 5.32 Å². The van der Waals surface area contributed by atoms with E-state index >= 15 is 0 Å². The van der Waals surface area contributed by atoms with Gasteiger partial charge < -0.3 is 14.8 Å². The molecule has 1 unspecified atom stereocenters. The molecule has 6 heteroatoms. The van der Waals surface area contributed by atoms with E-state index in [-0.39, 0.29) is 6.61 Å². The lowest BCUT2D eigenvalue weighted by Gasteiger charge is -2.17. The first-order chi connectivity index (χ1) is 14.6. The van der Waals surface area contributed by atoms with Crippen LogP contribution in [0.25, 0.3) is 11.1 Å². The van der Waals surface area contributed by atoms with Crippen molar-refractivity contribution in [1.29, 1.82) is 0 Å². The number of ether oxygens (including phenoxy) is 2. The number of methoxy groups -OCH3 is 1.